The summed E-state index contributed by atoms with van der Waals surface area (Å²) in [7, 11) is -3.88. The van der Waals surface area contributed by atoms with Gasteiger partial charge < -0.3 is 5.73 Å². The lowest BCUT2D eigenvalue weighted by atomic mass is 10.2. The van der Waals surface area contributed by atoms with Crippen LogP contribution in [0.2, 0.25) is 0 Å². The van der Waals surface area contributed by atoms with Crippen molar-refractivity contribution in [3.8, 4) is 0 Å². The van der Waals surface area contributed by atoms with Crippen molar-refractivity contribution in [1.82, 2.24) is 4.98 Å². The molecule has 0 fully saturated rings. The summed E-state index contributed by atoms with van der Waals surface area (Å²) < 4.78 is 40.3. The summed E-state index contributed by atoms with van der Waals surface area (Å²) in [5.74, 6) is -0.565. The predicted molar refractivity (Wildman–Crippen MR) is 78.3 cm³/mol. The summed E-state index contributed by atoms with van der Waals surface area (Å²) in [5.41, 5.74) is 6.27. The van der Waals surface area contributed by atoms with Crippen molar-refractivity contribution in [1.29, 1.82) is 0 Å². The maximum atomic E-state index is 13.3. The lowest BCUT2D eigenvalue weighted by Crippen LogP contribution is -2.16. The molecular formula is C12H11BrFN3O2S. The van der Waals surface area contributed by atoms with E-state index in [1.165, 1.54) is 30.5 Å². The molecule has 0 radical (unpaired) electrons. The number of aryl methyl sites for hydroxylation is 1. The van der Waals surface area contributed by atoms with Gasteiger partial charge in [0, 0.05) is 6.20 Å². The summed E-state index contributed by atoms with van der Waals surface area (Å²) in [5, 5.41) is 0. The molecule has 0 spiro atoms. The van der Waals surface area contributed by atoms with E-state index in [0.29, 0.717) is 5.56 Å². The first kappa shape index (κ1) is 14.7. The monoisotopic (exact) mass is 359 g/mol. The van der Waals surface area contributed by atoms with E-state index in [2.05, 4.69) is 25.6 Å². The van der Waals surface area contributed by atoms with E-state index < -0.39 is 15.8 Å². The zero-order valence-electron chi connectivity index (χ0n) is 10.4. The van der Waals surface area contributed by atoms with E-state index in [9.17, 15) is 12.8 Å². The Labute approximate surface area is 124 Å². The fourth-order valence-electron chi connectivity index (χ4n) is 1.59. The van der Waals surface area contributed by atoms with Gasteiger partial charge in [-0.1, -0.05) is 0 Å². The summed E-state index contributed by atoms with van der Waals surface area (Å²) >= 11 is 3.01. The highest BCUT2D eigenvalue weighted by Gasteiger charge is 2.19. The van der Waals surface area contributed by atoms with Crippen LogP contribution in [0.5, 0.6) is 0 Å². The van der Waals surface area contributed by atoms with Gasteiger partial charge in [-0.15, -0.1) is 0 Å². The largest absolute Gasteiger partial charge is 0.383 e. The number of benzene rings is 1. The number of rotatable bonds is 3. The number of hydrogen-bond acceptors (Lipinski definition) is 4. The van der Waals surface area contributed by atoms with Gasteiger partial charge in [0.05, 0.1) is 10.2 Å². The van der Waals surface area contributed by atoms with Crippen molar-refractivity contribution in [2.24, 2.45) is 0 Å². The standard InChI is InChI=1S/C12H11BrFN3O2S/c1-7-5-9(14)8(13)6-10(7)17-20(18,19)11-3-2-4-16-12(11)15/h2-6,17H,1H3,(H2,15,16). The molecule has 3 N–H and O–H groups in total. The minimum absolute atomic E-state index is 0.0983. The summed E-state index contributed by atoms with van der Waals surface area (Å²) in [6.45, 7) is 1.60. The second kappa shape index (κ2) is 5.37. The van der Waals surface area contributed by atoms with Crippen LogP contribution in [0.25, 0.3) is 0 Å². The van der Waals surface area contributed by atoms with Crippen molar-refractivity contribution < 1.29 is 12.8 Å². The molecule has 0 aliphatic carbocycles. The highest BCUT2D eigenvalue weighted by molar-refractivity contribution is 9.10. The Hall–Kier alpha value is -1.67. The molecule has 8 heteroatoms. The average molecular weight is 360 g/mol. The Kier molecular flexibility index (Phi) is 3.96. The number of anilines is 2. The Morgan fingerprint density at radius 1 is 1.40 bits per heavy atom. The molecular weight excluding hydrogens is 349 g/mol. The lowest BCUT2D eigenvalue weighted by Gasteiger charge is -2.12. The average Bonchev–Trinajstić information content (AvgIpc) is 2.36. The maximum Gasteiger partial charge on any atom is 0.265 e. The van der Waals surface area contributed by atoms with Crippen LogP contribution in [0.4, 0.5) is 15.9 Å². The van der Waals surface area contributed by atoms with Gasteiger partial charge in [0.2, 0.25) is 0 Å². The predicted octanol–water partition coefficient (Wildman–Crippen LogP) is 2.67. The molecule has 5 nitrogen and oxygen atoms in total. The molecule has 0 saturated carbocycles. The topological polar surface area (TPSA) is 85.1 Å². The number of nitrogens with two attached hydrogens (primary N) is 1. The van der Waals surface area contributed by atoms with Crippen molar-refractivity contribution in [2.75, 3.05) is 10.5 Å². The van der Waals surface area contributed by atoms with Gasteiger partial charge >= 0.3 is 0 Å². The SMILES string of the molecule is Cc1cc(F)c(Br)cc1NS(=O)(=O)c1cccnc1N. The van der Waals surface area contributed by atoms with Crippen LogP contribution in [0.1, 0.15) is 5.56 Å². The number of sulfonamides is 1. The molecule has 106 valence electrons. The summed E-state index contributed by atoms with van der Waals surface area (Å²) in [4.78, 5) is 3.61. The van der Waals surface area contributed by atoms with E-state index in [-0.39, 0.29) is 20.9 Å². The molecule has 1 aromatic heterocycles. The van der Waals surface area contributed by atoms with Crippen molar-refractivity contribution in [2.45, 2.75) is 11.8 Å². The van der Waals surface area contributed by atoms with Crippen LogP contribution in [0.3, 0.4) is 0 Å². The lowest BCUT2D eigenvalue weighted by molar-refractivity contribution is 0.600. The molecule has 0 atom stereocenters. The second-order valence-corrected chi connectivity index (χ2v) is 6.58. The Balaban J connectivity index is 2.44. The van der Waals surface area contributed by atoms with Crippen molar-refractivity contribution in [3.63, 3.8) is 0 Å². The van der Waals surface area contributed by atoms with Gasteiger partial charge in [-0.05, 0) is 52.7 Å². The molecule has 0 unspecified atom stereocenters. The van der Waals surface area contributed by atoms with Gasteiger partial charge in [-0.25, -0.2) is 17.8 Å². The highest BCUT2D eigenvalue weighted by Crippen LogP contribution is 2.27. The molecule has 1 heterocycles. The molecule has 2 aromatic rings. The Bertz CT molecular complexity index is 765. The fourth-order valence-corrected chi connectivity index (χ4v) is 3.13. The van der Waals surface area contributed by atoms with Crippen LogP contribution in [0.15, 0.2) is 39.8 Å². The van der Waals surface area contributed by atoms with Crippen molar-refractivity contribution in [3.05, 3.63) is 46.3 Å². The Morgan fingerprint density at radius 3 is 2.75 bits per heavy atom. The van der Waals surface area contributed by atoms with Gasteiger partial charge in [-0.3, -0.25) is 4.72 Å². The van der Waals surface area contributed by atoms with Crippen LogP contribution >= 0.6 is 15.9 Å². The third-order valence-electron chi connectivity index (χ3n) is 2.60. The molecule has 20 heavy (non-hydrogen) atoms. The summed E-state index contributed by atoms with van der Waals surface area (Å²) in [6, 6.07) is 5.40. The minimum Gasteiger partial charge on any atom is -0.383 e. The minimum atomic E-state index is -3.88. The molecule has 1 aromatic carbocycles. The first-order valence-electron chi connectivity index (χ1n) is 5.50. The number of halogens is 2. The van der Waals surface area contributed by atoms with E-state index >= 15 is 0 Å². The quantitative estimate of drug-likeness (QED) is 0.881. The molecule has 0 saturated heterocycles. The Morgan fingerprint density at radius 2 is 2.10 bits per heavy atom. The molecule has 0 aliphatic heterocycles. The van der Waals surface area contributed by atoms with Crippen LogP contribution in [0, 0.1) is 12.7 Å². The third kappa shape index (κ3) is 2.91. The number of aromatic nitrogens is 1. The number of hydrogen-bond donors (Lipinski definition) is 2. The fraction of sp³-hybridized carbons (Fsp3) is 0.0833. The third-order valence-corrected chi connectivity index (χ3v) is 4.62. The maximum absolute atomic E-state index is 13.3. The van der Waals surface area contributed by atoms with Gasteiger partial charge in [0.15, 0.2) is 0 Å². The number of nitrogen functional groups attached to an aromatic ring is 1. The molecule has 2 rings (SSSR count). The van der Waals surface area contributed by atoms with E-state index in [0.717, 1.165) is 0 Å². The number of pyridine rings is 1. The smallest absolute Gasteiger partial charge is 0.265 e. The van der Waals surface area contributed by atoms with Crippen LogP contribution in [-0.2, 0) is 10.0 Å². The van der Waals surface area contributed by atoms with Crippen molar-refractivity contribution >= 4 is 37.5 Å². The van der Waals surface area contributed by atoms with Crippen LogP contribution < -0.4 is 10.5 Å². The zero-order chi connectivity index (χ0) is 14.9. The first-order valence-corrected chi connectivity index (χ1v) is 7.78. The summed E-state index contributed by atoms with van der Waals surface area (Å²) in [6.07, 6.45) is 1.40. The number of nitrogens with one attached hydrogen (secondary N) is 1. The van der Waals surface area contributed by atoms with Gasteiger partial charge in [-0.2, -0.15) is 0 Å². The van der Waals surface area contributed by atoms with E-state index in [1.54, 1.807) is 6.92 Å². The van der Waals surface area contributed by atoms with Gasteiger partial charge in [0.25, 0.3) is 10.0 Å². The second-order valence-electron chi connectivity index (χ2n) is 4.07. The molecule has 0 aliphatic rings. The highest BCUT2D eigenvalue weighted by atomic mass is 79.9. The van der Waals surface area contributed by atoms with Crippen LogP contribution in [-0.4, -0.2) is 13.4 Å². The van der Waals surface area contributed by atoms with E-state index in [4.69, 9.17) is 5.73 Å². The molecule has 0 amide bonds. The zero-order valence-corrected chi connectivity index (χ0v) is 12.8. The van der Waals surface area contributed by atoms with Gasteiger partial charge in [0.1, 0.15) is 16.5 Å². The van der Waals surface area contributed by atoms with E-state index in [1.807, 2.05) is 0 Å². The number of nitrogens with zero attached hydrogens (tertiary/aromatic N) is 1. The first-order chi connectivity index (χ1) is 9.31. The normalized spacial score (nSPS) is 11.3. The molecule has 0 bridgehead atoms.